The summed E-state index contributed by atoms with van der Waals surface area (Å²) < 4.78 is 38.7. The molecule has 1 aromatic heterocycles. The number of carbonyl (C=O) groups excluding carboxylic acids is 1. The Hall–Kier alpha value is -3.42. The predicted octanol–water partition coefficient (Wildman–Crippen LogP) is 4.31. The average molecular weight is 398 g/mol. The number of rotatable bonds is 4. The lowest BCUT2D eigenvalue weighted by atomic mass is 10.0. The topological polar surface area (TPSA) is 66.9 Å². The number of hydrogen-bond acceptors (Lipinski definition) is 4. The van der Waals surface area contributed by atoms with Gasteiger partial charge in [0.25, 0.3) is 5.91 Å². The molecule has 0 radical (unpaired) electrons. The van der Waals surface area contributed by atoms with Gasteiger partial charge >= 0.3 is 6.18 Å². The maximum absolute atomic E-state index is 12.9. The van der Waals surface area contributed by atoms with Crippen LogP contribution in [0.3, 0.4) is 0 Å². The molecule has 29 heavy (non-hydrogen) atoms. The zero-order valence-corrected chi connectivity index (χ0v) is 15.3. The van der Waals surface area contributed by atoms with Gasteiger partial charge in [-0.3, -0.25) is 9.78 Å². The van der Waals surface area contributed by atoms with Gasteiger partial charge < -0.3 is 10.6 Å². The van der Waals surface area contributed by atoms with Crippen molar-refractivity contribution >= 4 is 17.4 Å². The number of fused-ring (bicyclic) bond motifs is 1. The number of nitrogens with one attached hydrogen (secondary N) is 2. The van der Waals surface area contributed by atoms with Crippen molar-refractivity contribution in [3.8, 4) is 0 Å². The van der Waals surface area contributed by atoms with E-state index in [1.54, 1.807) is 12.1 Å². The SMILES string of the molecule is O=C(Nc1cncc(Cc2cccc(C(F)(F)F)c2)n1)c1cccc2c1CCN2. The second kappa shape index (κ2) is 7.54. The van der Waals surface area contributed by atoms with E-state index in [0.29, 0.717) is 16.8 Å². The van der Waals surface area contributed by atoms with Crippen molar-refractivity contribution in [3.05, 3.63) is 82.8 Å². The van der Waals surface area contributed by atoms with Crippen LogP contribution in [0.2, 0.25) is 0 Å². The molecule has 2 aromatic carbocycles. The molecule has 0 atom stereocenters. The van der Waals surface area contributed by atoms with Gasteiger partial charge in [-0.1, -0.05) is 24.3 Å². The van der Waals surface area contributed by atoms with Crippen LogP contribution in [0.4, 0.5) is 24.7 Å². The first-order valence-corrected chi connectivity index (χ1v) is 9.04. The van der Waals surface area contributed by atoms with E-state index in [-0.39, 0.29) is 18.1 Å². The number of hydrogen-bond donors (Lipinski definition) is 2. The highest BCUT2D eigenvalue weighted by Crippen LogP contribution is 2.30. The number of amides is 1. The summed E-state index contributed by atoms with van der Waals surface area (Å²) in [6, 6.07) is 10.6. The summed E-state index contributed by atoms with van der Waals surface area (Å²) in [6.45, 7) is 0.784. The van der Waals surface area contributed by atoms with Crippen LogP contribution in [0.25, 0.3) is 0 Å². The summed E-state index contributed by atoms with van der Waals surface area (Å²) in [5.41, 5.74) is 2.68. The molecule has 0 saturated carbocycles. The molecular weight excluding hydrogens is 381 g/mol. The molecule has 0 bridgehead atoms. The van der Waals surface area contributed by atoms with E-state index in [0.717, 1.165) is 36.3 Å². The fraction of sp³-hybridized carbons (Fsp3) is 0.190. The molecule has 0 saturated heterocycles. The molecule has 3 aromatic rings. The molecule has 1 aliphatic heterocycles. The van der Waals surface area contributed by atoms with Crippen LogP contribution in [0, 0.1) is 0 Å². The van der Waals surface area contributed by atoms with Crippen LogP contribution in [-0.2, 0) is 19.0 Å². The predicted molar refractivity (Wildman–Crippen MR) is 103 cm³/mol. The van der Waals surface area contributed by atoms with Gasteiger partial charge in [-0.2, -0.15) is 13.2 Å². The van der Waals surface area contributed by atoms with Crippen molar-refractivity contribution in [1.82, 2.24) is 9.97 Å². The van der Waals surface area contributed by atoms with Gasteiger partial charge in [-0.05, 0) is 35.7 Å². The van der Waals surface area contributed by atoms with Gasteiger partial charge in [0.15, 0.2) is 5.82 Å². The van der Waals surface area contributed by atoms with E-state index in [9.17, 15) is 18.0 Å². The molecular formula is C21H17F3N4O. The molecule has 4 rings (SSSR count). The van der Waals surface area contributed by atoms with Crippen LogP contribution >= 0.6 is 0 Å². The maximum atomic E-state index is 12.9. The molecule has 0 spiro atoms. The Balaban J connectivity index is 1.51. The summed E-state index contributed by atoms with van der Waals surface area (Å²) in [4.78, 5) is 21.1. The third kappa shape index (κ3) is 4.21. The van der Waals surface area contributed by atoms with E-state index in [4.69, 9.17) is 0 Å². The highest BCUT2D eigenvalue weighted by molar-refractivity contribution is 6.05. The fourth-order valence-electron chi connectivity index (χ4n) is 3.36. The highest BCUT2D eigenvalue weighted by atomic mass is 19.4. The summed E-state index contributed by atoms with van der Waals surface area (Å²) >= 11 is 0. The fourth-order valence-corrected chi connectivity index (χ4v) is 3.36. The lowest BCUT2D eigenvalue weighted by Gasteiger charge is -2.10. The molecule has 1 aliphatic rings. The first-order chi connectivity index (χ1) is 13.9. The van der Waals surface area contributed by atoms with Crippen molar-refractivity contribution in [3.63, 3.8) is 0 Å². The minimum absolute atomic E-state index is 0.172. The second-order valence-corrected chi connectivity index (χ2v) is 6.73. The molecule has 5 nitrogen and oxygen atoms in total. The van der Waals surface area contributed by atoms with E-state index >= 15 is 0 Å². The quantitative estimate of drug-likeness (QED) is 0.688. The van der Waals surface area contributed by atoms with Gasteiger partial charge in [0.05, 0.1) is 17.5 Å². The normalized spacial score (nSPS) is 12.9. The largest absolute Gasteiger partial charge is 0.416 e. The Kier molecular flexibility index (Phi) is 4.92. The van der Waals surface area contributed by atoms with E-state index in [1.165, 1.54) is 18.5 Å². The molecule has 0 unspecified atom stereocenters. The van der Waals surface area contributed by atoms with Gasteiger partial charge in [-0.15, -0.1) is 0 Å². The zero-order chi connectivity index (χ0) is 20.4. The monoisotopic (exact) mass is 398 g/mol. The van der Waals surface area contributed by atoms with Crippen LogP contribution in [-0.4, -0.2) is 22.4 Å². The molecule has 2 heterocycles. The van der Waals surface area contributed by atoms with Crippen LogP contribution in [0.5, 0.6) is 0 Å². The van der Waals surface area contributed by atoms with Crippen molar-refractivity contribution in [2.24, 2.45) is 0 Å². The first-order valence-electron chi connectivity index (χ1n) is 9.04. The van der Waals surface area contributed by atoms with E-state index in [2.05, 4.69) is 20.6 Å². The van der Waals surface area contributed by atoms with Crippen LogP contribution in [0.15, 0.2) is 54.9 Å². The Morgan fingerprint density at radius 3 is 2.79 bits per heavy atom. The molecule has 0 aliphatic carbocycles. The Morgan fingerprint density at radius 1 is 1.14 bits per heavy atom. The van der Waals surface area contributed by atoms with Crippen molar-refractivity contribution in [1.29, 1.82) is 0 Å². The van der Waals surface area contributed by atoms with Crippen LogP contribution in [0.1, 0.15) is 32.7 Å². The number of benzene rings is 2. The smallest absolute Gasteiger partial charge is 0.384 e. The zero-order valence-electron chi connectivity index (χ0n) is 15.3. The van der Waals surface area contributed by atoms with E-state index < -0.39 is 11.7 Å². The molecule has 8 heteroatoms. The van der Waals surface area contributed by atoms with Gasteiger partial charge in [0.1, 0.15) is 0 Å². The number of carbonyl (C=O) groups is 1. The minimum atomic E-state index is -4.40. The molecule has 2 N–H and O–H groups in total. The van der Waals surface area contributed by atoms with Gasteiger partial charge in [-0.25, -0.2) is 4.98 Å². The summed E-state index contributed by atoms with van der Waals surface area (Å²) in [5, 5.41) is 5.95. The standard InChI is InChI=1S/C21H17F3N4O/c22-21(23,24)14-4-1-3-13(9-14)10-15-11-25-12-19(27-15)28-20(29)17-5-2-6-18-16(17)7-8-26-18/h1-6,9,11-12,26H,7-8,10H2,(H,27,28,29). The Morgan fingerprint density at radius 2 is 1.97 bits per heavy atom. The highest BCUT2D eigenvalue weighted by Gasteiger charge is 2.30. The third-order valence-corrected chi connectivity index (χ3v) is 4.68. The Bertz CT molecular complexity index is 1070. The lowest BCUT2D eigenvalue weighted by Crippen LogP contribution is -2.15. The molecule has 0 fully saturated rings. The van der Waals surface area contributed by atoms with E-state index in [1.807, 2.05) is 12.1 Å². The van der Waals surface area contributed by atoms with Crippen molar-refractivity contribution < 1.29 is 18.0 Å². The van der Waals surface area contributed by atoms with Crippen LogP contribution < -0.4 is 10.6 Å². The third-order valence-electron chi connectivity index (χ3n) is 4.68. The number of nitrogens with zero attached hydrogens (tertiary/aromatic N) is 2. The molecule has 1 amide bonds. The number of halogens is 3. The average Bonchev–Trinajstić information content (AvgIpc) is 3.16. The summed E-state index contributed by atoms with van der Waals surface area (Å²) in [5.74, 6) is -0.0425. The minimum Gasteiger partial charge on any atom is -0.384 e. The second-order valence-electron chi connectivity index (χ2n) is 6.73. The lowest BCUT2D eigenvalue weighted by molar-refractivity contribution is -0.137. The van der Waals surface area contributed by atoms with Gasteiger partial charge in [0.2, 0.25) is 0 Å². The molecule has 148 valence electrons. The summed E-state index contributed by atoms with van der Waals surface area (Å²) in [7, 11) is 0. The first kappa shape index (κ1) is 18.9. The number of aromatic nitrogens is 2. The maximum Gasteiger partial charge on any atom is 0.416 e. The van der Waals surface area contributed by atoms with Crippen molar-refractivity contribution in [2.45, 2.75) is 19.0 Å². The van der Waals surface area contributed by atoms with Crippen molar-refractivity contribution in [2.75, 3.05) is 17.2 Å². The number of alkyl halides is 3. The number of anilines is 2. The summed E-state index contributed by atoms with van der Waals surface area (Å²) in [6.07, 6.45) is -0.581. The Labute approximate surface area is 165 Å². The van der Waals surface area contributed by atoms with Gasteiger partial charge in [0, 0.05) is 30.4 Å².